The molecule has 2 aromatic carbocycles. The molecule has 0 bridgehead atoms. The zero-order chi connectivity index (χ0) is 46.7. The van der Waals surface area contributed by atoms with Crippen LogP contribution >= 0.6 is 0 Å². The second-order valence-electron chi connectivity index (χ2n) is 17.1. The molecular weight excluding hydrogens is 859 g/mol. The van der Waals surface area contributed by atoms with E-state index in [0.717, 1.165) is 101 Å². The highest BCUT2D eigenvalue weighted by atomic mass is 15.2. The van der Waals surface area contributed by atoms with Gasteiger partial charge in [-0.2, -0.15) is 15.3 Å². The molecule has 340 valence electrons. The largest absolute Gasteiger partial charge is 0.335 e. The van der Waals surface area contributed by atoms with E-state index < -0.39 is 0 Å². The van der Waals surface area contributed by atoms with Gasteiger partial charge in [-0.05, 0) is 107 Å². The quantitative estimate of drug-likeness (QED) is 0.114. The van der Waals surface area contributed by atoms with E-state index in [9.17, 15) is 0 Å². The molecule has 1 saturated carbocycles. The van der Waals surface area contributed by atoms with Crippen molar-refractivity contribution in [1.29, 1.82) is 0 Å². The van der Waals surface area contributed by atoms with Gasteiger partial charge in [0.1, 0.15) is 11.4 Å². The number of nitrogens with zero attached hydrogens (tertiary/aromatic N) is 11. The summed E-state index contributed by atoms with van der Waals surface area (Å²) >= 11 is 0. The van der Waals surface area contributed by atoms with Crippen molar-refractivity contribution in [2.24, 2.45) is 13.0 Å². The Morgan fingerprint density at radius 1 is 0.536 bits per heavy atom. The molecule has 0 radical (unpaired) electrons. The summed E-state index contributed by atoms with van der Waals surface area (Å²) in [6.45, 7) is 4.00. The molecule has 15 nitrogen and oxygen atoms in total. The smallest absolute Gasteiger partial charge is 0.178 e. The number of fused-ring (bicyclic) bond motifs is 4. The van der Waals surface area contributed by atoms with E-state index in [1.807, 2.05) is 88.1 Å². The van der Waals surface area contributed by atoms with Crippen LogP contribution in [0.2, 0.25) is 0 Å². The molecule has 10 heterocycles. The molecule has 1 aliphatic rings. The van der Waals surface area contributed by atoms with Crippen molar-refractivity contribution in [3.8, 4) is 67.5 Å². The van der Waals surface area contributed by atoms with Gasteiger partial charge in [-0.1, -0.05) is 58.1 Å². The molecule has 0 spiro atoms. The maximum absolute atomic E-state index is 4.80. The minimum Gasteiger partial charge on any atom is -0.335 e. The van der Waals surface area contributed by atoms with Gasteiger partial charge in [0.2, 0.25) is 0 Å². The second kappa shape index (κ2) is 18.9. The van der Waals surface area contributed by atoms with E-state index in [4.69, 9.17) is 9.97 Å². The lowest BCUT2D eigenvalue weighted by Crippen LogP contribution is -2.09. The lowest BCUT2D eigenvalue weighted by atomic mass is 9.85. The molecule has 13 rings (SSSR count). The summed E-state index contributed by atoms with van der Waals surface area (Å²) in [6, 6.07) is 26.8. The minimum atomic E-state index is 0.652. The Labute approximate surface area is 397 Å². The van der Waals surface area contributed by atoms with Crippen LogP contribution in [0.5, 0.6) is 0 Å². The molecule has 12 aromatic rings. The number of aryl methyl sites for hydroxylation is 1. The van der Waals surface area contributed by atoms with Crippen LogP contribution < -0.4 is 0 Å². The highest BCUT2D eigenvalue weighted by Gasteiger charge is 2.19. The first-order valence-corrected chi connectivity index (χ1v) is 23.5. The van der Waals surface area contributed by atoms with Crippen LogP contribution in [0.25, 0.3) is 112 Å². The van der Waals surface area contributed by atoms with Crippen LogP contribution in [0.1, 0.15) is 51.5 Å². The molecule has 0 aliphatic heterocycles. The predicted octanol–water partition coefficient (Wildman–Crippen LogP) is 11.7. The molecule has 0 unspecified atom stereocenters. The van der Waals surface area contributed by atoms with Crippen molar-refractivity contribution in [2.45, 2.75) is 52.4 Å². The number of aromatic amines is 4. The van der Waals surface area contributed by atoms with Crippen molar-refractivity contribution in [3.63, 3.8) is 0 Å². The summed E-state index contributed by atoms with van der Waals surface area (Å²) in [5, 5.41) is 21.7. The van der Waals surface area contributed by atoms with E-state index in [2.05, 4.69) is 96.8 Å². The number of aromatic nitrogens is 15. The third-order valence-corrected chi connectivity index (χ3v) is 12.8. The Hall–Kier alpha value is -8.72. The number of imidazole rings is 2. The first-order valence-electron chi connectivity index (χ1n) is 23.5. The molecule has 69 heavy (non-hydrogen) atoms. The van der Waals surface area contributed by atoms with Crippen molar-refractivity contribution in [3.05, 3.63) is 146 Å². The van der Waals surface area contributed by atoms with Gasteiger partial charge in [0.25, 0.3) is 0 Å². The van der Waals surface area contributed by atoms with E-state index in [1.54, 1.807) is 41.9 Å². The Morgan fingerprint density at radius 2 is 1.09 bits per heavy atom. The molecular formula is C54H49N15. The predicted molar refractivity (Wildman–Crippen MR) is 271 cm³/mol. The third kappa shape index (κ3) is 8.61. The number of benzene rings is 2. The SMILES string of the molecule is CC.Cn1cc(-c2ccc3[nH]nc(-c4nc5nccc(-c6ccncc6)c5[nH]4)c3c2)cn1.c1cc(-c2ccnc3nc(-c4n[nH]c5ccc(-c6cncc(CC7CCCCC7)c6)cc45)[nH]c23)ccn1. The van der Waals surface area contributed by atoms with Gasteiger partial charge >= 0.3 is 0 Å². The summed E-state index contributed by atoms with van der Waals surface area (Å²) < 4.78 is 1.79. The molecule has 0 amide bonds. The third-order valence-electron chi connectivity index (χ3n) is 12.8. The highest BCUT2D eigenvalue weighted by molar-refractivity contribution is 5.99. The van der Waals surface area contributed by atoms with Gasteiger partial charge in [0, 0.05) is 95.8 Å². The lowest BCUT2D eigenvalue weighted by Gasteiger charge is -2.21. The first kappa shape index (κ1) is 42.9. The number of pyridine rings is 5. The van der Waals surface area contributed by atoms with Crippen LogP contribution in [-0.4, -0.2) is 75.0 Å². The molecule has 0 atom stereocenters. The number of rotatable bonds is 8. The number of hydrogen-bond donors (Lipinski definition) is 4. The Balaban J connectivity index is 0.000000149. The fourth-order valence-corrected chi connectivity index (χ4v) is 9.39. The Morgan fingerprint density at radius 3 is 1.62 bits per heavy atom. The van der Waals surface area contributed by atoms with Gasteiger partial charge in [-0.25, -0.2) is 19.9 Å². The first-order chi connectivity index (χ1) is 34.1. The second-order valence-corrected chi connectivity index (χ2v) is 17.1. The van der Waals surface area contributed by atoms with E-state index in [-0.39, 0.29) is 0 Å². The van der Waals surface area contributed by atoms with Crippen molar-refractivity contribution in [1.82, 2.24) is 75.0 Å². The molecule has 10 aromatic heterocycles. The molecule has 0 saturated heterocycles. The topological polar surface area (TPSA) is 197 Å². The summed E-state index contributed by atoms with van der Waals surface area (Å²) in [5.74, 6) is 2.15. The van der Waals surface area contributed by atoms with Crippen molar-refractivity contribution < 1.29 is 0 Å². The zero-order valence-corrected chi connectivity index (χ0v) is 38.5. The standard InChI is InChI=1S/C30H27N7.C22H16N8.C2H6/c1-2-4-19(5-3-1)14-20-15-23(18-32-17-20)22-6-7-26-25(16-22)28(37-36-26)30-34-27-24(10-13-33-29(27)35-30)21-8-11-31-12-9-21;1-30-12-15(11-25-30)14-2-3-18-17(10-14)20(29-28-18)22-26-19-16(6-9-24-21(19)27-22)13-4-7-23-8-5-13;1-2/h6-13,15-19H,1-5,14H2,(H,36,37)(H,33,34,35);2-12H,1H3,(H,28,29)(H,24,26,27);1-2H3. The van der Waals surface area contributed by atoms with Gasteiger partial charge < -0.3 is 9.97 Å². The minimum absolute atomic E-state index is 0.652. The molecule has 15 heteroatoms. The zero-order valence-electron chi connectivity index (χ0n) is 38.5. The average Bonchev–Trinajstić information content (AvgIpc) is 4.27. The monoisotopic (exact) mass is 907 g/mol. The van der Waals surface area contributed by atoms with Gasteiger partial charge in [-0.3, -0.25) is 29.8 Å². The van der Waals surface area contributed by atoms with E-state index in [1.165, 1.54) is 37.7 Å². The highest BCUT2D eigenvalue weighted by Crippen LogP contribution is 2.35. The average molecular weight is 908 g/mol. The number of H-pyrrole nitrogens is 4. The van der Waals surface area contributed by atoms with Crippen LogP contribution in [-0.2, 0) is 13.5 Å². The summed E-state index contributed by atoms with van der Waals surface area (Å²) in [4.78, 5) is 38.2. The van der Waals surface area contributed by atoms with Crippen LogP contribution in [0.4, 0.5) is 0 Å². The molecule has 1 fully saturated rings. The Bertz CT molecular complexity index is 3690. The maximum Gasteiger partial charge on any atom is 0.178 e. The van der Waals surface area contributed by atoms with Crippen molar-refractivity contribution in [2.75, 3.05) is 0 Å². The fourth-order valence-electron chi connectivity index (χ4n) is 9.39. The number of nitrogens with one attached hydrogen (secondary N) is 4. The summed E-state index contributed by atoms with van der Waals surface area (Å²) in [7, 11) is 1.91. The molecule has 1 aliphatic carbocycles. The van der Waals surface area contributed by atoms with Crippen LogP contribution in [0, 0.1) is 5.92 Å². The fraction of sp³-hybridized carbons (Fsp3) is 0.185. The lowest BCUT2D eigenvalue weighted by molar-refractivity contribution is 0.356. The van der Waals surface area contributed by atoms with Gasteiger partial charge in [0.05, 0.1) is 28.3 Å². The van der Waals surface area contributed by atoms with Crippen LogP contribution in [0.15, 0.2) is 141 Å². The maximum atomic E-state index is 4.80. The van der Waals surface area contributed by atoms with Crippen molar-refractivity contribution >= 4 is 44.1 Å². The normalized spacial score (nSPS) is 12.9. The van der Waals surface area contributed by atoms with E-state index >= 15 is 0 Å². The molecule has 4 N–H and O–H groups in total. The number of hydrogen-bond acceptors (Lipinski definition) is 10. The van der Waals surface area contributed by atoms with Crippen LogP contribution in [0.3, 0.4) is 0 Å². The van der Waals surface area contributed by atoms with Gasteiger partial charge in [0.15, 0.2) is 22.9 Å². The van der Waals surface area contributed by atoms with Gasteiger partial charge in [-0.15, -0.1) is 0 Å². The Kier molecular flexibility index (Phi) is 11.7. The summed E-state index contributed by atoms with van der Waals surface area (Å²) in [6.07, 6.45) is 26.4. The van der Waals surface area contributed by atoms with E-state index in [0.29, 0.717) is 22.9 Å². The summed E-state index contributed by atoms with van der Waals surface area (Å²) in [5.41, 5.74) is 16.4.